The summed E-state index contributed by atoms with van der Waals surface area (Å²) < 4.78 is 7.74. The predicted octanol–water partition coefficient (Wildman–Crippen LogP) is 2.86. The van der Waals surface area contributed by atoms with Crippen molar-refractivity contribution < 1.29 is 4.74 Å². The third-order valence-electron chi connectivity index (χ3n) is 3.98. The molecule has 0 saturated carbocycles. The van der Waals surface area contributed by atoms with Gasteiger partial charge >= 0.3 is 0 Å². The van der Waals surface area contributed by atoms with E-state index in [0.29, 0.717) is 13.2 Å². The minimum absolute atomic E-state index is 0.165. The van der Waals surface area contributed by atoms with Gasteiger partial charge in [0.05, 0.1) is 19.3 Å². The normalized spacial score (nSPS) is 17.6. The highest BCUT2D eigenvalue weighted by molar-refractivity contribution is 5.48. The van der Waals surface area contributed by atoms with Crippen LogP contribution >= 0.6 is 0 Å². The Morgan fingerprint density at radius 1 is 1.00 bits per heavy atom. The molecule has 5 heteroatoms. The van der Waals surface area contributed by atoms with E-state index in [0.717, 1.165) is 17.9 Å². The van der Waals surface area contributed by atoms with E-state index in [-0.39, 0.29) is 6.23 Å². The fraction of sp³-hybridized carbons (Fsp3) is 0.222. The number of hydrogen-bond donors (Lipinski definition) is 0. The van der Waals surface area contributed by atoms with Crippen LogP contribution in [0.2, 0.25) is 0 Å². The monoisotopic (exact) mass is 306 g/mol. The van der Waals surface area contributed by atoms with Crippen molar-refractivity contribution in [1.29, 1.82) is 0 Å². The largest absolute Gasteiger partial charge is 0.350 e. The quantitative estimate of drug-likeness (QED) is 0.743. The zero-order valence-electron chi connectivity index (χ0n) is 12.7. The molecule has 23 heavy (non-hydrogen) atoms. The van der Waals surface area contributed by atoms with Gasteiger partial charge in [0.15, 0.2) is 6.23 Å². The summed E-state index contributed by atoms with van der Waals surface area (Å²) in [4.78, 5) is 2.22. The van der Waals surface area contributed by atoms with Gasteiger partial charge in [-0.25, -0.2) is 4.68 Å². The second kappa shape index (κ2) is 6.22. The van der Waals surface area contributed by atoms with E-state index in [2.05, 4.69) is 39.5 Å². The van der Waals surface area contributed by atoms with Crippen molar-refractivity contribution in [1.82, 2.24) is 15.0 Å². The van der Waals surface area contributed by atoms with Gasteiger partial charge in [0.2, 0.25) is 0 Å². The first-order valence-corrected chi connectivity index (χ1v) is 7.77. The molecule has 0 radical (unpaired) electrons. The third-order valence-corrected chi connectivity index (χ3v) is 3.98. The maximum Gasteiger partial charge on any atom is 0.177 e. The Balaban J connectivity index is 1.54. The van der Waals surface area contributed by atoms with Crippen molar-refractivity contribution in [3.63, 3.8) is 0 Å². The number of ether oxygens (including phenoxy) is 1. The first-order chi connectivity index (χ1) is 11.4. The standard InChI is InChI=1S/C18H18N4O/c1-3-7-15(8-4-1)13-21-14-17(19-20-21)18-22(11-12-23-18)16-9-5-2-6-10-16/h1-10,14,18H,11-13H2/t18-/m0/s1. The molecule has 1 atom stereocenters. The molecule has 116 valence electrons. The Hall–Kier alpha value is -2.66. The van der Waals surface area contributed by atoms with Crippen molar-refractivity contribution >= 4 is 5.69 Å². The summed E-state index contributed by atoms with van der Waals surface area (Å²) >= 11 is 0. The van der Waals surface area contributed by atoms with Crippen molar-refractivity contribution in [2.75, 3.05) is 18.1 Å². The van der Waals surface area contributed by atoms with E-state index in [1.54, 1.807) is 0 Å². The molecule has 1 fully saturated rings. The van der Waals surface area contributed by atoms with Gasteiger partial charge in [0.25, 0.3) is 0 Å². The fourth-order valence-electron chi connectivity index (χ4n) is 2.87. The van der Waals surface area contributed by atoms with E-state index < -0.39 is 0 Å². The number of rotatable bonds is 4. The highest BCUT2D eigenvalue weighted by Gasteiger charge is 2.29. The summed E-state index contributed by atoms with van der Waals surface area (Å²) in [6, 6.07) is 20.5. The molecule has 1 saturated heterocycles. The molecule has 1 aliphatic heterocycles. The molecule has 0 unspecified atom stereocenters. The zero-order valence-corrected chi connectivity index (χ0v) is 12.7. The average molecular weight is 306 g/mol. The Labute approximate surface area is 135 Å². The number of hydrogen-bond acceptors (Lipinski definition) is 4. The Morgan fingerprint density at radius 2 is 1.74 bits per heavy atom. The molecule has 0 aliphatic carbocycles. The summed E-state index contributed by atoms with van der Waals surface area (Å²) in [5.74, 6) is 0. The van der Waals surface area contributed by atoms with Crippen LogP contribution in [0.1, 0.15) is 17.5 Å². The molecule has 0 amide bonds. The Bertz CT molecular complexity index is 757. The smallest absolute Gasteiger partial charge is 0.177 e. The molecule has 1 aliphatic rings. The van der Waals surface area contributed by atoms with Gasteiger partial charge in [-0.2, -0.15) is 0 Å². The van der Waals surface area contributed by atoms with Gasteiger partial charge in [-0.3, -0.25) is 0 Å². The van der Waals surface area contributed by atoms with Gasteiger partial charge in [-0.1, -0.05) is 53.7 Å². The van der Waals surface area contributed by atoms with Gasteiger partial charge in [-0.05, 0) is 17.7 Å². The summed E-state index contributed by atoms with van der Waals surface area (Å²) in [6.07, 6.45) is 1.81. The van der Waals surface area contributed by atoms with Crippen LogP contribution in [0.5, 0.6) is 0 Å². The number of aromatic nitrogens is 3. The zero-order chi connectivity index (χ0) is 15.5. The SMILES string of the molecule is c1ccc(Cn2cc([C@@H]3OCCN3c3ccccc3)nn2)cc1. The molecule has 5 nitrogen and oxygen atoms in total. The molecule has 0 spiro atoms. The second-order valence-corrected chi connectivity index (χ2v) is 5.58. The summed E-state index contributed by atoms with van der Waals surface area (Å²) in [7, 11) is 0. The lowest BCUT2D eigenvalue weighted by atomic mass is 10.2. The van der Waals surface area contributed by atoms with Crippen molar-refractivity contribution in [3.8, 4) is 0 Å². The van der Waals surface area contributed by atoms with Gasteiger partial charge in [0.1, 0.15) is 5.69 Å². The first kappa shape index (κ1) is 14.0. The Morgan fingerprint density at radius 3 is 2.52 bits per heavy atom. The van der Waals surface area contributed by atoms with Gasteiger partial charge in [-0.15, -0.1) is 5.10 Å². The highest BCUT2D eigenvalue weighted by atomic mass is 16.5. The van der Waals surface area contributed by atoms with E-state index in [9.17, 15) is 0 Å². The average Bonchev–Trinajstić information content (AvgIpc) is 3.25. The predicted molar refractivity (Wildman–Crippen MR) is 88.0 cm³/mol. The molecular weight excluding hydrogens is 288 g/mol. The van der Waals surface area contributed by atoms with E-state index in [1.807, 2.05) is 47.3 Å². The van der Waals surface area contributed by atoms with Gasteiger partial charge < -0.3 is 9.64 Å². The molecule has 3 aromatic rings. The number of para-hydroxylation sites is 1. The topological polar surface area (TPSA) is 43.2 Å². The molecular formula is C18H18N4O. The molecule has 2 heterocycles. The second-order valence-electron chi connectivity index (χ2n) is 5.58. The lowest BCUT2D eigenvalue weighted by Crippen LogP contribution is -2.23. The maximum absolute atomic E-state index is 5.88. The molecule has 0 bridgehead atoms. The van der Waals surface area contributed by atoms with E-state index in [4.69, 9.17) is 4.74 Å². The van der Waals surface area contributed by atoms with E-state index in [1.165, 1.54) is 5.56 Å². The highest BCUT2D eigenvalue weighted by Crippen LogP contribution is 2.30. The first-order valence-electron chi connectivity index (χ1n) is 7.77. The van der Waals surface area contributed by atoms with Crippen LogP contribution in [-0.4, -0.2) is 28.1 Å². The summed E-state index contributed by atoms with van der Waals surface area (Å²) in [6.45, 7) is 2.28. The van der Waals surface area contributed by atoms with Crippen LogP contribution in [-0.2, 0) is 11.3 Å². The number of nitrogens with zero attached hydrogens (tertiary/aromatic N) is 4. The Kier molecular flexibility index (Phi) is 3.78. The van der Waals surface area contributed by atoms with Crippen LogP contribution in [0.3, 0.4) is 0 Å². The minimum atomic E-state index is -0.165. The van der Waals surface area contributed by atoms with Crippen molar-refractivity contribution in [3.05, 3.63) is 78.1 Å². The lowest BCUT2D eigenvalue weighted by Gasteiger charge is -2.23. The minimum Gasteiger partial charge on any atom is -0.350 e. The van der Waals surface area contributed by atoms with Crippen molar-refractivity contribution in [2.45, 2.75) is 12.8 Å². The third kappa shape index (κ3) is 2.96. The number of anilines is 1. The van der Waals surface area contributed by atoms with Gasteiger partial charge in [0, 0.05) is 12.2 Å². The van der Waals surface area contributed by atoms with Crippen LogP contribution < -0.4 is 4.90 Å². The number of benzene rings is 2. The fourth-order valence-corrected chi connectivity index (χ4v) is 2.87. The molecule has 0 N–H and O–H groups in total. The summed E-state index contributed by atoms with van der Waals surface area (Å²) in [5.41, 5.74) is 3.20. The van der Waals surface area contributed by atoms with Crippen LogP contribution in [0.25, 0.3) is 0 Å². The van der Waals surface area contributed by atoms with Crippen molar-refractivity contribution in [2.24, 2.45) is 0 Å². The summed E-state index contributed by atoms with van der Waals surface area (Å²) in [5, 5.41) is 8.56. The lowest BCUT2D eigenvalue weighted by molar-refractivity contribution is 0.110. The van der Waals surface area contributed by atoms with Crippen LogP contribution in [0, 0.1) is 0 Å². The maximum atomic E-state index is 5.88. The van der Waals surface area contributed by atoms with E-state index >= 15 is 0 Å². The molecule has 1 aromatic heterocycles. The van der Waals surface area contributed by atoms with Crippen LogP contribution in [0.4, 0.5) is 5.69 Å². The molecule has 4 rings (SSSR count). The van der Waals surface area contributed by atoms with Crippen LogP contribution in [0.15, 0.2) is 66.9 Å². The molecule has 2 aromatic carbocycles.